The third kappa shape index (κ3) is 3.01. The lowest BCUT2D eigenvalue weighted by atomic mass is 10.1. The maximum Gasteiger partial charge on any atom is 0.298 e. The molecule has 2 aromatic rings. The van der Waals surface area contributed by atoms with Crippen LogP contribution in [0.1, 0.15) is 0 Å². The Hall–Kier alpha value is -1.77. The molecule has 13 heteroatoms. The molecule has 0 bridgehead atoms. The molecule has 0 fully saturated rings. The normalized spacial score (nSPS) is 13.3. The number of benzene rings is 2. The van der Waals surface area contributed by atoms with Gasteiger partial charge < -0.3 is 5.73 Å². The molecule has 5 N–H and O–H groups in total. The Labute approximate surface area is 130 Å². The van der Waals surface area contributed by atoms with Crippen LogP contribution in [0.5, 0.6) is 0 Å². The first-order valence-electron chi connectivity index (χ1n) is 5.53. The van der Waals surface area contributed by atoms with Gasteiger partial charge in [-0.05, 0) is 0 Å². The first kappa shape index (κ1) is 17.6. The third-order valence-corrected chi connectivity index (χ3v) is 5.85. The predicted octanol–water partition coefficient (Wildman–Crippen LogP) is 0.162. The molecule has 2 aromatic carbocycles. The minimum atomic E-state index is -5.36. The van der Waals surface area contributed by atoms with Crippen LogP contribution in [0.25, 0.3) is 10.8 Å². The van der Waals surface area contributed by atoms with Gasteiger partial charge in [-0.3, -0.25) is 13.7 Å². The minimum Gasteiger partial charge on any atom is -0.396 e. The molecule has 2 rings (SSSR count). The van der Waals surface area contributed by atoms with Gasteiger partial charge in [0.25, 0.3) is 30.4 Å². The average Bonchev–Trinajstić information content (AvgIpc) is 2.32. The van der Waals surface area contributed by atoms with E-state index < -0.39 is 61.5 Å². The van der Waals surface area contributed by atoms with Gasteiger partial charge >= 0.3 is 0 Å². The fraction of sp³-hybridized carbons (Fsp3) is 0. The van der Waals surface area contributed by atoms with Crippen LogP contribution in [-0.2, 0) is 30.4 Å². The summed E-state index contributed by atoms with van der Waals surface area (Å²) in [5.41, 5.74) is 4.13. The standard InChI is InChI=1S/C10H9NO9S3/c11-7-8(21(12,13)14)5-3-1-2-4-6(5)9(22(15,16)17)10(7)23(18,19)20/h1-4H,11H2,(H,12,13,14)(H,15,16,17)(H,18,19,20). The largest absolute Gasteiger partial charge is 0.396 e. The van der Waals surface area contributed by atoms with E-state index in [9.17, 15) is 38.9 Å². The van der Waals surface area contributed by atoms with Gasteiger partial charge in [-0.15, -0.1) is 0 Å². The monoisotopic (exact) mass is 383 g/mol. The highest BCUT2D eigenvalue weighted by Crippen LogP contribution is 2.40. The molecule has 0 aliphatic rings. The minimum absolute atomic E-state index is 0.451. The topological polar surface area (TPSA) is 189 Å². The smallest absolute Gasteiger partial charge is 0.298 e. The molecule has 0 heterocycles. The summed E-state index contributed by atoms with van der Waals surface area (Å²) in [4.78, 5) is -3.93. The van der Waals surface area contributed by atoms with Gasteiger partial charge in [-0.25, -0.2) is 0 Å². The molecule has 0 unspecified atom stereocenters. The van der Waals surface area contributed by atoms with Crippen molar-refractivity contribution in [2.45, 2.75) is 14.7 Å². The van der Waals surface area contributed by atoms with Crippen molar-refractivity contribution < 1.29 is 38.9 Å². The average molecular weight is 383 g/mol. The van der Waals surface area contributed by atoms with Crippen molar-refractivity contribution >= 4 is 46.8 Å². The summed E-state index contributed by atoms with van der Waals surface area (Å²) in [6.07, 6.45) is 0. The van der Waals surface area contributed by atoms with Crippen LogP contribution in [0, 0.1) is 0 Å². The van der Waals surface area contributed by atoms with Crippen molar-refractivity contribution in [3.63, 3.8) is 0 Å². The van der Waals surface area contributed by atoms with Gasteiger partial charge in [0.15, 0.2) is 0 Å². The molecule has 0 amide bonds. The second-order valence-electron chi connectivity index (χ2n) is 4.37. The maximum absolute atomic E-state index is 11.5. The van der Waals surface area contributed by atoms with Gasteiger partial charge in [-0.1, -0.05) is 24.3 Å². The Balaban J connectivity index is 3.40. The van der Waals surface area contributed by atoms with Gasteiger partial charge in [0.2, 0.25) is 0 Å². The van der Waals surface area contributed by atoms with E-state index in [0.717, 1.165) is 12.1 Å². The molecular formula is C10H9NO9S3. The van der Waals surface area contributed by atoms with E-state index in [1.165, 1.54) is 12.1 Å². The summed E-state index contributed by atoms with van der Waals surface area (Å²) in [6.45, 7) is 0. The van der Waals surface area contributed by atoms with Crippen LogP contribution in [0.4, 0.5) is 5.69 Å². The number of rotatable bonds is 3. The summed E-state index contributed by atoms with van der Waals surface area (Å²) in [7, 11) is -15.7. The lowest BCUT2D eigenvalue weighted by molar-refractivity contribution is 0.467. The van der Waals surface area contributed by atoms with E-state index in [1.807, 2.05) is 0 Å². The zero-order chi connectivity index (χ0) is 17.8. The molecule has 0 radical (unpaired) electrons. The second kappa shape index (κ2) is 5.12. The summed E-state index contributed by atoms with van der Waals surface area (Å²) >= 11 is 0. The van der Waals surface area contributed by atoms with Crippen LogP contribution >= 0.6 is 0 Å². The van der Waals surface area contributed by atoms with Crippen molar-refractivity contribution in [3.8, 4) is 0 Å². The molecule has 0 atom stereocenters. The van der Waals surface area contributed by atoms with Crippen LogP contribution in [0.2, 0.25) is 0 Å². The summed E-state index contributed by atoms with van der Waals surface area (Å²) in [6, 6.07) is 4.49. The molecule has 0 aliphatic carbocycles. The third-order valence-electron chi connectivity index (χ3n) is 2.89. The Morgan fingerprint density at radius 2 is 1.00 bits per heavy atom. The zero-order valence-electron chi connectivity index (χ0n) is 10.9. The van der Waals surface area contributed by atoms with Crippen LogP contribution < -0.4 is 5.73 Å². The molecule has 0 spiro atoms. The number of nitrogens with two attached hydrogens (primary N) is 1. The van der Waals surface area contributed by atoms with E-state index in [2.05, 4.69) is 0 Å². The highest BCUT2D eigenvalue weighted by Gasteiger charge is 2.34. The number of hydrogen-bond acceptors (Lipinski definition) is 7. The first-order chi connectivity index (χ1) is 10.3. The van der Waals surface area contributed by atoms with Crippen LogP contribution in [-0.4, -0.2) is 38.9 Å². The lowest BCUT2D eigenvalue weighted by Gasteiger charge is -2.15. The Bertz CT molecular complexity index is 1130. The molecule has 0 aromatic heterocycles. The fourth-order valence-electron chi connectivity index (χ4n) is 2.16. The van der Waals surface area contributed by atoms with Crippen molar-refractivity contribution in [1.29, 1.82) is 0 Å². The number of anilines is 1. The van der Waals surface area contributed by atoms with Gasteiger partial charge in [0, 0.05) is 10.8 Å². The number of hydrogen-bond donors (Lipinski definition) is 4. The SMILES string of the molecule is Nc1c(S(=O)(=O)O)c(S(=O)(=O)O)c2ccccc2c1S(=O)(=O)O. The van der Waals surface area contributed by atoms with E-state index in [-0.39, 0.29) is 0 Å². The Kier molecular flexibility index (Phi) is 3.91. The molecule has 0 saturated carbocycles. The summed E-state index contributed by atoms with van der Waals surface area (Å²) in [5, 5.41) is -1.02. The molecule has 0 saturated heterocycles. The quantitative estimate of drug-likeness (QED) is 0.419. The molecule has 0 aliphatic heterocycles. The highest BCUT2D eigenvalue weighted by atomic mass is 32.2. The Morgan fingerprint density at radius 1 is 0.652 bits per heavy atom. The molecule has 23 heavy (non-hydrogen) atoms. The van der Waals surface area contributed by atoms with Crippen LogP contribution in [0.3, 0.4) is 0 Å². The lowest BCUT2D eigenvalue weighted by Crippen LogP contribution is -2.16. The number of fused-ring (bicyclic) bond motifs is 1. The van der Waals surface area contributed by atoms with Gasteiger partial charge in [0.1, 0.15) is 14.7 Å². The van der Waals surface area contributed by atoms with E-state index in [4.69, 9.17) is 5.73 Å². The first-order valence-corrected chi connectivity index (χ1v) is 9.85. The number of nitrogen functional groups attached to an aromatic ring is 1. The van der Waals surface area contributed by atoms with Gasteiger partial charge in [0.05, 0.1) is 5.69 Å². The molecule has 10 nitrogen and oxygen atoms in total. The maximum atomic E-state index is 11.5. The van der Waals surface area contributed by atoms with Gasteiger partial charge in [-0.2, -0.15) is 25.3 Å². The molecule has 126 valence electrons. The van der Waals surface area contributed by atoms with E-state index in [1.54, 1.807) is 0 Å². The van der Waals surface area contributed by atoms with E-state index in [0.29, 0.717) is 0 Å². The fourth-order valence-corrected chi connectivity index (χ4v) is 5.22. The van der Waals surface area contributed by atoms with Crippen molar-refractivity contribution in [3.05, 3.63) is 24.3 Å². The summed E-state index contributed by atoms with van der Waals surface area (Å²) in [5.74, 6) is 0. The molecular weight excluding hydrogens is 374 g/mol. The van der Waals surface area contributed by atoms with Crippen LogP contribution in [0.15, 0.2) is 39.0 Å². The second-order valence-corrected chi connectivity index (χ2v) is 8.45. The van der Waals surface area contributed by atoms with Crippen molar-refractivity contribution in [2.24, 2.45) is 0 Å². The predicted molar refractivity (Wildman–Crippen MR) is 77.8 cm³/mol. The zero-order valence-corrected chi connectivity index (χ0v) is 13.4. The Morgan fingerprint density at radius 3 is 1.35 bits per heavy atom. The summed E-state index contributed by atoms with van der Waals surface area (Å²) < 4.78 is 96.7. The van der Waals surface area contributed by atoms with Crippen molar-refractivity contribution in [1.82, 2.24) is 0 Å². The van der Waals surface area contributed by atoms with E-state index >= 15 is 0 Å². The highest BCUT2D eigenvalue weighted by molar-refractivity contribution is 7.89. The van der Waals surface area contributed by atoms with Crippen molar-refractivity contribution in [2.75, 3.05) is 5.73 Å².